The van der Waals surface area contributed by atoms with Gasteiger partial charge in [0.15, 0.2) is 5.78 Å². The van der Waals surface area contributed by atoms with E-state index in [1.54, 1.807) is 42.1 Å². The van der Waals surface area contributed by atoms with Gasteiger partial charge in [-0.25, -0.2) is 0 Å². The van der Waals surface area contributed by atoms with E-state index in [1.807, 2.05) is 6.92 Å². The summed E-state index contributed by atoms with van der Waals surface area (Å²) >= 11 is 7.60. The third-order valence-electron chi connectivity index (χ3n) is 2.77. The molecule has 1 rings (SSSR count). The second-order valence-corrected chi connectivity index (χ2v) is 6.67. The summed E-state index contributed by atoms with van der Waals surface area (Å²) < 4.78 is 0. The van der Waals surface area contributed by atoms with Crippen molar-refractivity contribution in [3.8, 4) is 11.8 Å². The number of halogens is 1. The Kier molecular flexibility index (Phi) is 8.74. The van der Waals surface area contributed by atoms with E-state index in [9.17, 15) is 4.79 Å². The second-order valence-electron chi connectivity index (χ2n) is 5.04. The SMILES string of the molecule is C=C(C)CSC(C#C/C=C/C(=O)c1ccc(Cl)cc1)CCC. The van der Waals surface area contributed by atoms with Crippen LogP contribution in [0.2, 0.25) is 5.02 Å². The van der Waals surface area contributed by atoms with Gasteiger partial charge in [0.25, 0.3) is 0 Å². The largest absolute Gasteiger partial charge is 0.289 e. The number of carbonyl (C=O) groups is 1. The van der Waals surface area contributed by atoms with Crippen molar-refractivity contribution in [2.45, 2.75) is 31.9 Å². The van der Waals surface area contributed by atoms with Gasteiger partial charge in [0.2, 0.25) is 0 Å². The summed E-state index contributed by atoms with van der Waals surface area (Å²) in [5.74, 6) is 7.04. The number of hydrogen-bond donors (Lipinski definition) is 0. The van der Waals surface area contributed by atoms with Gasteiger partial charge < -0.3 is 0 Å². The van der Waals surface area contributed by atoms with Crippen LogP contribution in [-0.2, 0) is 0 Å². The first-order valence-corrected chi connectivity index (χ1v) is 8.69. The summed E-state index contributed by atoms with van der Waals surface area (Å²) in [7, 11) is 0. The highest BCUT2D eigenvalue weighted by Crippen LogP contribution is 2.17. The van der Waals surface area contributed by atoms with Crippen LogP contribution < -0.4 is 0 Å². The lowest BCUT2D eigenvalue weighted by Crippen LogP contribution is -2.00. The van der Waals surface area contributed by atoms with Gasteiger partial charge in [0.1, 0.15) is 0 Å². The average Bonchev–Trinajstić information content (AvgIpc) is 2.49. The summed E-state index contributed by atoms with van der Waals surface area (Å²) in [5.41, 5.74) is 1.77. The van der Waals surface area contributed by atoms with Gasteiger partial charge in [-0.1, -0.05) is 48.9 Å². The smallest absolute Gasteiger partial charge is 0.186 e. The highest BCUT2D eigenvalue weighted by molar-refractivity contribution is 8.00. The van der Waals surface area contributed by atoms with Crippen LogP contribution in [0.4, 0.5) is 0 Å². The third kappa shape index (κ3) is 7.54. The number of rotatable bonds is 7. The lowest BCUT2D eigenvalue weighted by atomic mass is 10.1. The first-order chi connectivity index (χ1) is 10.5. The van der Waals surface area contributed by atoms with Gasteiger partial charge in [0.05, 0.1) is 5.25 Å². The Labute approximate surface area is 142 Å². The minimum absolute atomic E-state index is 0.0624. The molecule has 0 heterocycles. The number of hydrogen-bond acceptors (Lipinski definition) is 2. The van der Waals surface area contributed by atoms with Gasteiger partial charge in [-0.2, -0.15) is 0 Å². The van der Waals surface area contributed by atoms with Crippen molar-refractivity contribution in [1.82, 2.24) is 0 Å². The maximum atomic E-state index is 11.9. The topological polar surface area (TPSA) is 17.1 Å². The van der Waals surface area contributed by atoms with Crippen molar-refractivity contribution >= 4 is 29.1 Å². The van der Waals surface area contributed by atoms with Crippen LogP contribution >= 0.6 is 23.4 Å². The molecule has 1 nitrogen and oxygen atoms in total. The zero-order valence-corrected chi connectivity index (χ0v) is 14.6. The minimum atomic E-state index is -0.0624. The van der Waals surface area contributed by atoms with E-state index in [0.29, 0.717) is 10.6 Å². The van der Waals surface area contributed by atoms with Gasteiger partial charge >= 0.3 is 0 Å². The number of ketones is 1. The van der Waals surface area contributed by atoms with E-state index < -0.39 is 0 Å². The van der Waals surface area contributed by atoms with E-state index in [0.717, 1.165) is 24.2 Å². The maximum absolute atomic E-state index is 11.9. The van der Waals surface area contributed by atoms with Gasteiger partial charge in [-0.3, -0.25) is 4.79 Å². The molecule has 0 aliphatic carbocycles. The van der Waals surface area contributed by atoms with Crippen molar-refractivity contribution in [2.75, 3.05) is 5.75 Å². The summed E-state index contributed by atoms with van der Waals surface area (Å²) in [6, 6.07) is 6.84. The van der Waals surface area contributed by atoms with Crippen LogP contribution in [0, 0.1) is 11.8 Å². The van der Waals surface area contributed by atoms with Crippen molar-refractivity contribution in [3.63, 3.8) is 0 Å². The number of benzene rings is 1. The van der Waals surface area contributed by atoms with Crippen LogP contribution in [0.25, 0.3) is 0 Å². The second kappa shape index (κ2) is 10.3. The molecule has 0 radical (unpaired) electrons. The minimum Gasteiger partial charge on any atom is -0.289 e. The molecule has 22 heavy (non-hydrogen) atoms. The summed E-state index contributed by atoms with van der Waals surface area (Å²) in [6.45, 7) is 8.08. The molecule has 1 aromatic carbocycles. The molecule has 0 spiro atoms. The molecule has 0 amide bonds. The van der Waals surface area contributed by atoms with Gasteiger partial charge in [-0.15, -0.1) is 11.8 Å². The monoisotopic (exact) mass is 332 g/mol. The molecule has 0 aromatic heterocycles. The Balaban J connectivity index is 2.60. The molecule has 0 bridgehead atoms. The molecule has 3 heteroatoms. The predicted octanol–water partition coefficient (Wildman–Crippen LogP) is 5.56. The summed E-state index contributed by atoms with van der Waals surface area (Å²) in [6.07, 6.45) is 5.27. The molecular weight excluding hydrogens is 312 g/mol. The fraction of sp³-hybridized carbons (Fsp3) is 0.316. The molecule has 1 atom stereocenters. The summed E-state index contributed by atoms with van der Waals surface area (Å²) in [5, 5.41) is 0.911. The highest BCUT2D eigenvalue weighted by Gasteiger charge is 2.04. The molecule has 116 valence electrons. The van der Waals surface area contributed by atoms with Crippen molar-refractivity contribution < 1.29 is 4.79 Å². The standard InChI is InChI=1S/C19H21ClOS/c1-4-7-18(22-14-15(2)3)8-5-6-9-19(21)16-10-12-17(20)13-11-16/h6,9-13,18H,2,4,7,14H2,1,3H3/b9-6+. The first-order valence-electron chi connectivity index (χ1n) is 7.26. The fourth-order valence-electron chi connectivity index (χ4n) is 1.67. The van der Waals surface area contributed by atoms with E-state index in [1.165, 1.54) is 6.08 Å². The molecule has 0 fully saturated rings. The molecule has 0 saturated carbocycles. The first kappa shape index (κ1) is 18.6. The number of thioether (sulfide) groups is 1. The fourth-order valence-corrected chi connectivity index (χ4v) is 2.84. The van der Waals surface area contributed by atoms with Crippen LogP contribution in [0.1, 0.15) is 37.0 Å². The Morgan fingerprint density at radius 1 is 1.41 bits per heavy atom. The molecule has 0 aliphatic heterocycles. The highest BCUT2D eigenvalue weighted by atomic mass is 35.5. The summed E-state index contributed by atoms with van der Waals surface area (Å²) in [4.78, 5) is 11.9. The predicted molar refractivity (Wildman–Crippen MR) is 98.7 cm³/mol. The number of allylic oxidation sites excluding steroid dienone is 2. The molecule has 1 unspecified atom stereocenters. The van der Waals surface area contributed by atoms with E-state index in [2.05, 4.69) is 25.3 Å². The quantitative estimate of drug-likeness (QED) is 0.281. The van der Waals surface area contributed by atoms with Crippen LogP contribution in [0.15, 0.2) is 48.6 Å². The van der Waals surface area contributed by atoms with Crippen molar-refractivity contribution in [2.24, 2.45) is 0 Å². The molecule has 1 aromatic rings. The van der Waals surface area contributed by atoms with E-state index in [4.69, 9.17) is 11.6 Å². The van der Waals surface area contributed by atoms with Crippen molar-refractivity contribution in [1.29, 1.82) is 0 Å². The lowest BCUT2D eigenvalue weighted by Gasteiger charge is -2.08. The maximum Gasteiger partial charge on any atom is 0.186 e. The van der Waals surface area contributed by atoms with Crippen LogP contribution in [0.3, 0.4) is 0 Å². The van der Waals surface area contributed by atoms with Gasteiger partial charge in [0, 0.05) is 16.3 Å². The van der Waals surface area contributed by atoms with Crippen LogP contribution in [-0.4, -0.2) is 16.8 Å². The molecule has 0 aliphatic rings. The number of carbonyl (C=O) groups excluding carboxylic acids is 1. The zero-order chi connectivity index (χ0) is 16.4. The molecule has 0 saturated heterocycles. The third-order valence-corrected chi connectivity index (χ3v) is 4.44. The van der Waals surface area contributed by atoms with Crippen molar-refractivity contribution in [3.05, 3.63) is 59.2 Å². The van der Waals surface area contributed by atoms with Crippen LogP contribution in [0.5, 0.6) is 0 Å². The average molecular weight is 333 g/mol. The Hall–Kier alpha value is -1.43. The van der Waals surface area contributed by atoms with E-state index in [-0.39, 0.29) is 11.0 Å². The lowest BCUT2D eigenvalue weighted by molar-refractivity contribution is 0.104. The van der Waals surface area contributed by atoms with E-state index >= 15 is 0 Å². The Bertz CT molecular complexity index is 590. The Morgan fingerprint density at radius 2 is 2.09 bits per heavy atom. The van der Waals surface area contributed by atoms with Gasteiger partial charge in [-0.05, 0) is 49.8 Å². The normalized spacial score (nSPS) is 11.8. The zero-order valence-electron chi connectivity index (χ0n) is 13.1. The molecule has 0 N–H and O–H groups in total. The molecular formula is C19H21ClOS. The Morgan fingerprint density at radius 3 is 2.68 bits per heavy atom.